The summed E-state index contributed by atoms with van der Waals surface area (Å²) in [6, 6.07) is 3.28. The number of aryl methyl sites for hydroxylation is 1. The van der Waals surface area contributed by atoms with Gasteiger partial charge in [0, 0.05) is 6.07 Å². The summed E-state index contributed by atoms with van der Waals surface area (Å²) >= 11 is 5.79. The molecule has 74 valence electrons. The smallest absolute Gasteiger partial charge is 0.280 e. The fourth-order valence-electron chi connectivity index (χ4n) is 0.973. The average molecular weight is 223 g/mol. The maximum atomic E-state index is 11.4. The Labute approximate surface area is 88.9 Å². The van der Waals surface area contributed by atoms with Gasteiger partial charge in [0.15, 0.2) is 0 Å². The van der Waals surface area contributed by atoms with Crippen molar-refractivity contribution in [3.63, 3.8) is 0 Å². The van der Waals surface area contributed by atoms with Gasteiger partial charge >= 0.3 is 0 Å². The predicted molar refractivity (Wildman–Crippen MR) is 56.7 cm³/mol. The first-order valence-corrected chi connectivity index (χ1v) is 3.97. The van der Waals surface area contributed by atoms with Crippen LogP contribution in [0.5, 0.6) is 0 Å². The van der Waals surface area contributed by atoms with Crippen molar-refractivity contribution in [2.75, 3.05) is 19.0 Å². The first-order chi connectivity index (χ1) is 5.52. The van der Waals surface area contributed by atoms with E-state index in [9.17, 15) is 5.21 Å². The van der Waals surface area contributed by atoms with Crippen LogP contribution in [-0.2, 0) is 0 Å². The molecule has 1 rings (SSSR count). The van der Waals surface area contributed by atoms with Crippen molar-refractivity contribution in [2.45, 2.75) is 6.92 Å². The lowest BCUT2D eigenvalue weighted by molar-refractivity contribution is -0.599. The van der Waals surface area contributed by atoms with Gasteiger partial charge in [-0.05, 0) is 13.0 Å². The second-order valence-corrected chi connectivity index (χ2v) is 3.30. The van der Waals surface area contributed by atoms with E-state index in [1.54, 1.807) is 38.1 Å². The van der Waals surface area contributed by atoms with Crippen molar-refractivity contribution in [1.29, 1.82) is 0 Å². The molecule has 1 aromatic rings. The highest BCUT2D eigenvalue weighted by atomic mass is 35.5. The molecule has 0 atom stereocenters. The Balaban J connectivity index is 0.00000144. The van der Waals surface area contributed by atoms with E-state index in [1.807, 2.05) is 0 Å². The summed E-state index contributed by atoms with van der Waals surface area (Å²) in [5.41, 5.74) is 0.603. The molecule has 3 nitrogen and oxygen atoms in total. The minimum absolute atomic E-state index is 0. The van der Waals surface area contributed by atoms with Crippen LogP contribution in [0.25, 0.3) is 0 Å². The Hall–Kier alpha value is -0.670. The zero-order valence-electron chi connectivity index (χ0n) is 7.74. The molecule has 0 unspecified atom stereocenters. The van der Waals surface area contributed by atoms with Crippen molar-refractivity contribution in [2.24, 2.45) is 0 Å². The molecule has 1 aromatic heterocycles. The predicted octanol–water partition coefficient (Wildman–Crippen LogP) is 1.77. The summed E-state index contributed by atoms with van der Waals surface area (Å²) in [5.74, 6) is 0.556. The molecule has 0 saturated heterocycles. The number of hydrogen-bond acceptors (Lipinski definition) is 2. The molecule has 0 aliphatic carbocycles. The standard InChI is InChI=1S/C8H11ClN2O.ClH/c1-6-4-7(9)5-8(10(2)3)11(6)12;/h4-5H,1-3H3;1H. The number of hydrogen-bond donors (Lipinski definition) is 0. The van der Waals surface area contributed by atoms with E-state index in [0.29, 0.717) is 16.5 Å². The van der Waals surface area contributed by atoms with Crippen molar-refractivity contribution in [3.8, 4) is 0 Å². The second-order valence-electron chi connectivity index (χ2n) is 2.86. The fourth-order valence-corrected chi connectivity index (χ4v) is 1.23. The van der Waals surface area contributed by atoms with Crippen LogP contribution in [-0.4, -0.2) is 14.1 Å². The topological polar surface area (TPSA) is 30.2 Å². The van der Waals surface area contributed by atoms with E-state index in [4.69, 9.17) is 11.6 Å². The third-order valence-corrected chi connectivity index (χ3v) is 1.82. The third kappa shape index (κ3) is 2.64. The van der Waals surface area contributed by atoms with E-state index in [0.717, 1.165) is 4.73 Å². The third-order valence-electron chi connectivity index (χ3n) is 1.60. The molecule has 0 bridgehead atoms. The summed E-state index contributed by atoms with van der Waals surface area (Å²) < 4.78 is 0.853. The number of rotatable bonds is 1. The summed E-state index contributed by atoms with van der Waals surface area (Å²) in [4.78, 5) is 1.73. The van der Waals surface area contributed by atoms with Gasteiger partial charge in [0.2, 0.25) is 0 Å². The molecule has 5 heteroatoms. The van der Waals surface area contributed by atoms with E-state index in [2.05, 4.69) is 0 Å². The lowest BCUT2D eigenvalue weighted by Gasteiger charge is -2.15. The van der Waals surface area contributed by atoms with Crippen LogP contribution < -0.4 is 9.63 Å². The van der Waals surface area contributed by atoms with Gasteiger partial charge in [0.1, 0.15) is 5.69 Å². The molecule has 13 heavy (non-hydrogen) atoms. The Bertz CT molecular complexity index is 302. The van der Waals surface area contributed by atoms with Gasteiger partial charge in [-0.3, -0.25) is 4.90 Å². The normalized spacial score (nSPS) is 9.23. The van der Waals surface area contributed by atoms with Crippen LogP contribution in [0.2, 0.25) is 5.02 Å². The van der Waals surface area contributed by atoms with Gasteiger partial charge in [-0.2, -0.15) is 0 Å². The summed E-state index contributed by atoms with van der Waals surface area (Å²) in [6.45, 7) is 1.73. The molecule has 0 aliphatic rings. The van der Waals surface area contributed by atoms with E-state index < -0.39 is 0 Å². The fraction of sp³-hybridized carbons (Fsp3) is 0.375. The van der Waals surface area contributed by atoms with Gasteiger partial charge < -0.3 is 5.21 Å². The van der Waals surface area contributed by atoms with Crippen LogP contribution in [0.15, 0.2) is 12.1 Å². The monoisotopic (exact) mass is 222 g/mol. The summed E-state index contributed by atoms with van der Waals surface area (Å²) in [5, 5.41) is 12.0. The Morgan fingerprint density at radius 1 is 1.38 bits per heavy atom. The first-order valence-electron chi connectivity index (χ1n) is 3.59. The van der Waals surface area contributed by atoms with Gasteiger partial charge in [0.05, 0.1) is 19.1 Å². The quantitative estimate of drug-likeness (QED) is 0.536. The van der Waals surface area contributed by atoms with Crippen LogP contribution in [0.4, 0.5) is 5.82 Å². The number of halogens is 2. The van der Waals surface area contributed by atoms with Gasteiger partial charge in [-0.15, -0.1) is 12.4 Å². The van der Waals surface area contributed by atoms with Crippen molar-refractivity contribution in [3.05, 3.63) is 28.1 Å². The second kappa shape index (κ2) is 4.53. The van der Waals surface area contributed by atoms with Crippen molar-refractivity contribution in [1.82, 2.24) is 0 Å². The van der Waals surface area contributed by atoms with Crippen molar-refractivity contribution < 1.29 is 4.73 Å². The lowest BCUT2D eigenvalue weighted by atomic mass is 10.3. The molecule has 1 heterocycles. The molecule has 0 aromatic carbocycles. The highest BCUT2D eigenvalue weighted by Crippen LogP contribution is 2.14. The molecule has 0 N–H and O–H groups in total. The minimum atomic E-state index is 0. The molecule has 0 spiro atoms. The molecule has 0 fully saturated rings. The summed E-state index contributed by atoms with van der Waals surface area (Å²) in [6.07, 6.45) is 0. The highest BCUT2D eigenvalue weighted by molar-refractivity contribution is 6.30. The van der Waals surface area contributed by atoms with Gasteiger partial charge in [-0.1, -0.05) is 11.6 Å². The highest BCUT2D eigenvalue weighted by Gasteiger charge is 2.09. The van der Waals surface area contributed by atoms with E-state index in [-0.39, 0.29) is 12.4 Å². The lowest BCUT2D eigenvalue weighted by Crippen LogP contribution is -2.37. The number of pyridine rings is 1. The number of aromatic nitrogens is 1. The van der Waals surface area contributed by atoms with Gasteiger partial charge in [0.25, 0.3) is 5.82 Å². The largest absolute Gasteiger partial charge is 0.710 e. The molecule has 0 saturated carbocycles. The molecule has 0 radical (unpaired) electrons. The average Bonchev–Trinajstić information content (AvgIpc) is 1.96. The van der Waals surface area contributed by atoms with Crippen LogP contribution in [0.1, 0.15) is 5.69 Å². The van der Waals surface area contributed by atoms with E-state index in [1.165, 1.54) is 0 Å². The summed E-state index contributed by atoms with van der Waals surface area (Å²) in [7, 11) is 3.61. The molecule has 0 aliphatic heterocycles. The maximum Gasteiger partial charge on any atom is 0.280 e. The maximum absolute atomic E-state index is 11.4. The first kappa shape index (κ1) is 12.3. The minimum Gasteiger partial charge on any atom is -0.710 e. The number of nitrogens with zero attached hydrogens (tertiary/aromatic N) is 2. The van der Waals surface area contributed by atoms with Crippen molar-refractivity contribution >= 4 is 29.8 Å². The molecular formula is C8H12Cl2N2O. The van der Waals surface area contributed by atoms with E-state index >= 15 is 0 Å². The van der Waals surface area contributed by atoms with Gasteiger partial charge in [-0.25, -0.2) is 4.73 Å². The SMILES string of the molecule is Cc1cc(Cl)cc(N(C)C)[n+]1[O-].Cl. The zero-order valence-corrected chi connectivity index (χ0v) is 9.32. The van der Waals surface area contributed by atoms with Crippen LogP contribution >= 0.6 is 24.0 Å². The molecular weight excluding hydrogens is 211 g/mol. The Morgan fingerprint density at radius 2 is 1.92 bits per heavy atom. The number of anilines is 1. The zero-order chi connectivity index (χ0) is 9.30. The van der Waals surface area contributed by atoms with Crippen LogP contribution in [0, 0.1) is 12.1 Å². The molecule has 0 amide bonds. The Morgan fingerprint density at radius 3 is 2.38 bits per heavy atom. The van der Waals surface area contributed by atoms with Crippen LogP contribution in [0.3, 0.4) is 0 Å². The Kier molecular flexibility index (Phi) is 4.30.